The van der Waals surface area contributed by atoms with Crippen LogP contribution >= 0.6 is 0 Å². The highest BCUT2D eigenvalue weighted by Gasteiger charge is 2.39. The Kier molecular flexibility index (Phi) is 4.10. The fraction of sp³-hybridized carbons (Fsp3) is 0.588. The Morgan fingerprint density at radius 3 is 2.73 bits per heavy atom. The molecular formula is C17H25N3O2. The van der Waals surface area contributed by atoms with Crippen LogP contribution in [0.2, 0.25) is 0 Å². The molecule has 3 N–H and O–H groups in total. The van der Waals surface area contributed by atoms with E-state index in [1.165, 1.54) is 11.1 Å². The van der Waals surface area contributed by atoms with Gasteiger partial charge in [-0.25, -0.2) is 4.79 Å². The van der Waals surface area contributed by atoms with Crippen molar-refractivity contribution in [2.75, 3.05) is 19.6 Å². The first-order chi connectivity index (χ1) is 10.4. The maximum absolute atomic E-state index is 12.1. The molecule has 0 unspecified atom stereocenters. The zero-order chi connectivity index (χ0) is 15.7. The summed E-state index contributed by atoms with van der Waals surface area (Å²) in [6.45, 7) is 6.37. The molecule has 0 saturated carbocycles. The van der Waals surface area contributed by atoms with Gasteiger partial charge >= 0.3 is 6.03 Å². The number of carbonyl (C=O) groups is 1. The number of amides is 2. The van der Waals surface area contributed by atoms with Crippen LogP contribution in [0, 0.1) is 5.92 Å². The van der Waals surface area contributed by atoms with Crippen LogP contribution in [0.15, 0.2) is 24.3 Å². The second-order valence-electron chi connectivity index (χ2n) is 6.99. The minimum atomic E-state index is -0.703. The number of urea groups is 1. The van der Waals surface area contributed by atoms with Crippen molar-refractivity contribution in [3.05, 3.63) is 35.4 Å². The number of carbonyl (C=O) groups excluding carboxylic acids is 1. The molecule has 0 bridgehead atoms. The average Bonchev–Trinajstić information content (AvgIpc) is 2.41. The lowest BCUT2D eigenvalue weighted by atomic mass is 9.85. The predicted octanol–water partition coefficient (Wildman–Crippen LogP) is 1.11. The molecule has 0 radical (unpaired) electrons. The number of nitrogens with zero attached hydrogens (tertiary/aromatic N) is 1. The Morgan fingerprint density at radius 2 is 2.05 bits per heavy atom. The first-order valence-corrected chi connectivity index (χ1v) is 7.99. The second-order valence-corrected chi connectivity index (χ2v) is 6.99. The lowest BCUT2D eigenvalue weighted by molar-refractivity contribution is -0.0457. The first kappa shape index (κ1) is 15.3. The molecule has 1 saturated heterocycles. The van der Waals surface area contributed by atoms with Crippen LogP contribution in [0.5, 0.6) is 0 Å². The van der Waals surface area contributed by atoms with Gasteiger partial charge in [0.2, 0.25) is 0 Å². The molecule has 22 heavy (non-hydrogen) atoms. The molecule has 1 atom stereocenters. The summed E-state index contributed by atoms with van der Waals surface area (Å²) in [6.07, 6.45) is 0.947. The second kappa shape index (κ2) is 5.89. The van der Waals surface area contributed by atoms with E-state index in [0.717, 1.165) is 13.0 Å². The number of benzene rings is 1. The molecule has 2 aliphatic rings. The smallest absolute Gasteiger partial charge is 0.317 e. The van der Waals surface area contributed by atoms with Crippen molar-refractivity contribution >= 4 is 6.03 Å². The molecule has 1 aromatic carbocycles. The minimum absolute atomic E-state index is 0.0267. The van der Waals surface area contributed by atoms with Gasteiger partial charge < -0.3 is 20.6 Å². The van der Waals surface area contributed by atoms with Gasteiger partial charge in [0.05, 0.1) is 5.60 Å². The van der Waals surface area contributed by atoms with Crippen LogP contribution in [0.25, 0.3) is 0 Å². The van der Waals surface area contributed by atoms with Crippen LogP contribution in [0.3, 0.4) is 0 Å². The predicted molar refractivity (Wildman–Crippen MR) is 85.5 cm³/mol. The molecule has 1 aromatic rings. The van der Waals surface area contributed by atoms with Crippen LogP contribution in [-0.4, -0.2) is 47.3 Å². The normalized spacial score (nSPS) is 22.0. The van der Waals surface area contributed by atoms with E-state index in [4.69, 9.17) is 0 Å². The van der Waals surface area contributed by atoms with E-state index >= 15 is 0 Å². The Labute approximate surface area is 131 Å². The Bertz CT molecular complexity index is 547. The minimum Gasteiger partial charge on any atom is -0.390 e. The van der Waals surface area contributed by atoms with Gasteiger partial charge in [0, 0.05) is 38.1 Å². The molecule has 1 fully saturated rings. The Balaban J connectivity index is 1.44. The van der Waals surface area contributed by atoms with E-state index in [1.807, 2.05) is 0 Å². The van der Waals surface area contributed by atoms with E-state index in [9.17, 15) is 9.90 Å². The van der Waals surface area contributed by atoms with Crippen molar-refractivity contribution in [3.8, 4) is 0 Å². The molecule has 120 valence electrons. The Morgan fingerprint density at radius 1 is 1.36 bits per heavy atom. The number of nitrogens with one attached hydrogen (secondary N) is 2. The van der Waals surface area contributed by atoms with Crippen molar-refractivity contribution in [1.82, 2.24) is 15.5 Å². The van der Waals surface area contributed by atoms with Crippen LogP contribution in [-0.2, 0) is 13.0 Å². The van der Waals surface area contributed by atoms with Gasteiger partial charge in [-0.15, -0.1) is 0 Å². The number of likely N-dealkylation sites (tertiary alicyclic amines) is 1. The number of fused-ring (bicyclic) bond motifs is 1. The van der Waals surface area contributed by atoms with Gasteiger partial charge in [-0.2, -0.15) is 0 Å². The first-order valence-electron chi connectivity index (χ1n) is 7.99. The van der Waals surface area contributed by atoms with Crippen LogP contribution in [0.1, 0.15) is 25.0 Å². The quantitative estimate of drug-likeness (QED) is 0.784. The summed E-state index contributed by atoms with van der Waals surface area (Å²) in [5.74, 6) is 0.179. The molecule has 0 aliphatic carbocycles. The van der Waals surface area contributed by atoms with Gasteiger partial charge in [-0.1, -0.05) is 24.3 Å². The summed E-state index contributed by atoms with van der Waals surface area (Å²) in [6, 6.07) is 8.69. The summed E-state index contributed by atoms with van der Waals surface area (Å²) in [4.78, 5) is 13.9. The number of aliphatic hydroxyl groups is 1. The number of rotatable bonds is 3. The standard InChI is InChI=1S/C17H25N3O2/c1-17(2,22)14-10-20(11-14)16(21)19-9-15-7-12-5-3-4-6-13(12)8-18-15/h3-6,14-15,18,22H,7-11H2,1-2H3,(H,19,21)/t15-/m1/s1. The molecule has 3 rings (SSSR count). The molecule has 5 nitrogen and oxygen atoms in total. The number of hydrogen-bond donors (Lipinski definition) is 3. The zero-order valence-corrected chi connectivity index (χ0v) is 13.3. The largest absolute Gasteiger partial charge is 0.390 e. The van der Waals surface area contributed by atoms with Crippen LogP contribution < -0.4 is 10.6 Å². The molecule has 0 spiro atoms. The molecule has 2 heterocycles. The summed E-state index contributed by atoms with van der Waals surface area (Å²) in [7, 11) is 0. The summed E-state index contributed by atoms with van der Waals surface area (Å²) in [5.41, 5.74) is 2.01. The van der Waals surface area contributed by atoms with Crippen molar-refractivity contribution in [1.29, 1.82) is 0 Å². The van der Waals surface area contributed by atoms with Gasteiger partial charge in [-0.3, -0.25) is 0 Å². The van der Waals surface area contributed by atoms with Gasteiger partial charge in [0.15, 0.2) is 0 Å². The molecule has 2 aliphatic heterocycles. The molecule has 5 heteroatoms. The van der Waals surface area contributed by atoms with Crippen molar-refractivity contribution < 1.29 is 9.90 Å². The maximum Gasteiger partial charge on any atom is 0.317 e. The van der Waals surface area contributed by atoms with E-state index in [1.54, 1.807) is 18.7 Å². The van der Waals surface area contributed by atoms with E-state index < -0.39 is 5.60 Å². The highest BCUT2D eigenvalue weighted by Crippen LogP contribution is 2.26. The third kappa shape index (κ3) is 3.25. The third-order valence-corrected chi connectivity index (χ3v) is 4.83. The highest BCUT2D eigenvalue weighted by molar-refractivity contribution is 5.75. The zero-order valence-electron chi connectivity index (χ0n) is 13.3. The monoisotopic (exact) mass is 303 g/mol. The van der Waals surface area contributed by atoms with Crippen molar-refractivity contribution in [2.24, 2.45) is 5.92 Å². The van der Waals surface area contributed by atoms with Gasteiger partial charge in [-0.05, 0) is 31.4 Å². The van der Waals surface area contributed by atoms with Gasteiger partial charge in [0.1, 0.15) is 0 Å². The lowest BCUT2D eigenvalue weighted by Crippen LogP contribution is -2.60. The van der Waals surface area contributed by atoms with Crippen molar-refractivity contribution in [3.63, 3.8) is 0 Å². The summed E-state index contributed by atoms with van der Waals surface area (Å²) < 4.78 is 0. The average molecular weight is 303 g/mol. The molecule has 2 amide bonds. The fourth-order valence-corrected chi connectivity index (χ4v) is 3.08. The van der Waals surface area contributed by atoms with E-state index in [0.29, 0.717) is 19.6 Å². The number of hydrogen-bond acceptors (Lipinski definition) is 3. The summed E-state index contributed by atoms with van der Waals surface area (Å²) >= 11 is 0. The molecular weight excluding hydrogens is 278 g/mol. The lowest BCUT2D eigenvalue weighted by Gasteiger charge is -2.45. The Hall–Kier alpha value is -1.59. The van der Waals surface area contributed by atoms with Crippen molar-refractivity contribution in [2.45, 2.75) is 38.5 Å². The SMILES string of the molecule is CC(C)(O)C1CN(C(=O)NC[C@H]2Cc3ccccc3CN2)C1. The van der Waals surface area contributed by atoms with E-state index in [-0.39, 0.29) is 18.0 Å². The fourth-order valence-electron chi connectivity index (χ4n) is 3.08. The topological polar surface area (TPSA) is 64.6 Å². The van der Waals surface area contributed by atoms with Gasteiger partial charge in [0.25, 0.3) is 0 Å². The summed E-state index contributed by atoms with van der Waals surface area (Å²) in [5, 5.41) is 16.4. The highest BCUT2D eigenvalue weighted by atomic mass is 16.3. The van der Waals surface area contributed by atoms with E-state index in [2.05, 4.69) is 34.9 Å². The third-order valence-electron chi connectivity index (χ3n) is 4.83. The molecule has 0 aromatic heterocycles. The maximum atomic E-state index is 12.1. The van der Waals surface area contributed by atoms with Crippen LogP contribution in [0.4, 0.5) is 4.79 Å².